The van der Waals surface area contributed by atoms with Gasteiger partial charge >= 0.3 is 0 Å². The summed E-state index contributed by atoms with van der Waals surface area (Å²) in [5.41, 5.74) is 0.180. The number of benzene rings is 1. The summed E-state index contributed by atoms with van der Waals surface area (Å²) in [6, 6.07) is 7.57. The molecule has 0 heterocycles. The third kappa shape index (κ3) is 3.84. The molecule has 1 amide bonds. The minimum Gasteiger partial charge on any atom is -0.493 e. The van der Waals surface area contributed by atoms with Crippen LogP contribution in [0.25, 0.3) is 6.08 Å². The first-order chi connectivity index (χ1) is 9.63. The molecule has 20 heavy (non-hydrogen) atoms. The Kier molecular flexibility index (Phi) is 4.79. The van der Waals surface area contributed by atoms with Crippen molar-refractivity contribution >= 4 is 12.0 Å². The highest BCUT2D eigenvalue weighted by Crippen LogP contribution is 2.30. The summed E-state index contributed by atoms with van der Waals surface area (Å²) in [5, 5.41) is 12.6. The molecule has 0 spiro atoms. The summed E-state index contributed by atoms with van der Waals surface area (Å²) in [5.74, 6) is 0.563. The molecule has 2 rings (SSSR count). The van der Waals surface area contributed by atoms with E-state index in [4.69, 9.17) is 4.74 Å². The van der Waals surface area contributed by atoms with E-state index >= 15 is 0 Å². The molecule has 4 heteroatoms. The van der Waals surface area contributed by atoms with Gasteiger partial charge in [-0.3, -0.25) is 4.79 Å². The maximum absolute atomic E-state index is 11.7. The largest absolute Gasteiger partial charge is 0.493 e. The zero-order chi connectivity index (χ0) is 14.4. The van der Waals surface area contributed by atoms with E-state index in [0.717, 1.165) is 30.6 Å². The van der Waals surface area contributed by atoms with E-state index in [0.29, 0.717) is 13.2 Å². The molecule has 1 fully saturated rings. The normalized spacial score (nSPS) is 16.7. The number of hydrogen-bond acceptors (Lipinski definition) is 3. The predicted octanol–water partition coefficient (Wildman–Crippen LogP) is 2.13. The van der Waals surface area contributed by atoms with Gasteiger partial charge in [-0.25, -0.2) is 0 Å². The van der Waals surface area contributed by atoms with E-state index in [1.165, 1.54) is 6.08 Å². The summed E-state index contributed by atoms with van der Waals surface area (Å²) in [4.78, 5) is 11.7. The number of aliphatic hydroxyl groups is 1. The average Bonchev–Trinajstić information content (AvgIpc) is 2.42. The van der Waals surface area contributed by atoms with E-state index < -0.39 is 5.60 Å². The van der Waals surface area contributed by atoms with Gasteiger partial charge in [0.05, 0.1) is 12.2 Å². The maximum Gasteiger partial charge on any atom is 0.244 e. The Hall–Kier alpha value is -1.81. The van der Waals surface area contributed by atoms with Gasteiger partial charge in [0, 0.05) is 18.2 Å². The van der Waals surface area contributed by atoms with Gasteiger partial charge in [-0.1, -0.05) is 18.2 Å². The molecule has 0 bridgehead atoms. The highest BCUT2D eigenvalue weighted by Gasteiger charge is 2.34. The lowest BCUT2D eigenvalue weighted by atomic mass is 9.80. The molecule has 1 aliphatic rings. The van der Waals surface area contributed by atoms with Crippen molar-refractivity contribution in [1.29, 1.82) is 0 Å². The first kappa shape index (κ1) is 14.6. The van der Waals surface area contributed by atoms with Crippen LogP contribution in [0.2, 0.25) is 0 Å². The number of carbonyl (C=O) groups is 1. The Morgan fingerprint density at radius 2 is 2.20 bits per heavy atom. The molecule has 108 valence electrons. The quantitative estimate of drug-likeness (QED) is 0.782. The van der Waals surface area contributed by atoms with E-state index in [2.05, 4.69) is 5.32 Å². The molecule has 0 saturated heterocycles. The molecule has 2 N–H and O–H groups in total. The van der Waals surface area contributed by atoms with Crippen LogP contribution in [0.4, 0.5) is 0 Å². The van der Waals surface area contributed by atoms with Crippen LogP contribution in [0.15, 0.2) is 30.3 Å². The second-order valence-electron chi connectivity index (χ2n) is 5.10. The molecule has 0 aliphatic heterocycles. The van der Waals surface area contributed by atoms with Gasteiger partial charge in [0.2, 0.25) is 5.91 Å². The number of para-hydroxylation sites is 1. The number of rotatable bonds is 6. The Balaban J connectivity index is 1.89. The number of carbonyl (C=O) groups excluding carboxylic acids is 1. The lowest BCUT2D eigenvalue weighted by molar-refractivity contribution is -0.118. The van der Waals surface area contributed by atoms with Crippen LogP contribution < -0.4 is 10.1 Å². The van der Waals surface area contributed by atoms with Crippen molar-refractivity contribution < 1.29 is 14.6 Å². The lowest BCUT2D eigenvalue weighted by Crippen LogP contribution is -2.47. The number of hydrogen-bond donors (Lipinski definition) is 2. The third-order valence-corrected chi connectivity index (χ3v) is 3.51. The van der Waals surface area contributed by atoms with Crippen LogP contribution >= 0.6 is 0 Å². The average molecular weight is 275 g/mol. The van der Waals surface area contributed by atoms with Gasteiger partial charge in [0.1, 0.15) is 5.75 Å². The van der Waals surface area contributed by atoms with Crippen molar-refractivity contribution in [2.45, 2.75) is 31.8 Å². The van der Waals surface area contributed by atoms with Crippen LogP contribution in [0.5, 0.6) is 5.75 Å². The molecule has 0 unspecified atom stereocenters. The summed E-state index contributed by atoms with van der Waals surface area (Å²) in [7, 11) is 0. The highest BCUT2D eigenvalue weighted by atomic mass is 16.5. The Bertz CT molecular complexity index is 492. The van der Waals surface area contributed by atoms with Crippen molar-refractivity contribution in [3.8, 4) is 5.75 Å². The van der Waals surface area contributed by atoms with Gasteiger partial charge in [-0.15, -0.1) is 0 Å². The number of nitrogens with one attached hydrogen (secondary N) is 1. The van der Waals surface area contributed by atoms with Crippen molar-refractivity contribution in [3.05, 3.63) is 35.9 Å². The molecule has 1 saturated carbocycles. The van der Waals surface area contributed by atoms with Gasteiger partial charge in [0.25, 0.3) is 0 Å². The molecular weight excluding hydrogens is 254 g/mol. The van der Waals surface area contributed by atoms with E-state index in [-0.39, 0.29) is 5.91 Å². The van der Waals surface area contributed by atoms with Crippen LogP contribution in [-0.2, 0) is 4.79 Å². The zero-order valence-corrected chi connectivity index (χ0v) is 11.8. The predicted molar refractivity (Wildman–Crippen MR) is 78.5 cm³/mol. The number of amides is 1. The molecule has 4 nitrogen and oxygen atoms in total. The van der Waals surface area contributed by atoms with E-state index in [1.54, 1.807) is 6.08 Å². The van der Waals surface area contributed by atoms with Crippen molar-refractivity contribution in [3.63, 3.8) is 0 Å². The highest BCUT2D eigenvalue weighted by molar-refractivity contribution is 5.92. The van der Waals surface area contributed by atoms with E-state index in [9.17, 15) is 9.90 Å². The van der Waals surface area contributed by atoms with Crippen molar-refractivity contribution in [2.75, 3.05) is 13.2 Å². The zero-order valence-electron chi connectivity index (χ0n) is 11.8. The first-order valence-corrected chi connectivity index (χ1v) is 7.03. The fourth-order valence-corrected chi connectivity index (χ4v) is 2.14. The molecule has 0 aromatic heterocycles. The molecule has 0 atom stereocenters. The molecule has 1 aliphatic carbocycles. The van der Waals surface area contributed by atoms with Gasteiger partial charge in [-0.2, -0.15) is 0 Å². The second kappa shape index (κ2) is 6.57. The monoisotopic (exact) mass is 275 g/mol. The fraction of sp³-hybridized carbons (Fsp3) is 0.438. The second-order valence-corrected chi connectivity index (χ2v) is 5.10. The SMILES string of the molecule is CCOc1ccccc1/C=C/C(=O)NCC1(O)CCC1. The molecular formula is C16H21NO3. The van der Waals surface area contributed by atoms with Crippen LogP contribution in [0.1, 0.15) is 31.7 Å². The molecule has 1 aromatic carbocycles. The standard InChI is InChI=1S/C16H21NO3/c1-2-20-14-7-4-3-6-13(14)8-9-15(18)17-12-16(19)10-5-11-16/h3-4,6-9,19H,2,5,10-12H2,1H3,(H,17,18)/b9-8+. The summed E-state index contributed by atoms with van der Waals surface area (Å²) in [6.07, 6.45) is 5.77. The topological polar surface area (TPSA) is 58.6 Å². The van der Waals surface area contributed by atoms with Gasteiger partial charge in [0.15, 0.2) is 0 Å². The Labute approximate surface area is 119 Å². The van der Waals surface area contributed by atoms with E-state index in [1.807, 2.05) is 31.2 Å². The maximum atomic E-state index is 11.7. The first-order valence-electron chi connectivity index (χ1n) is 7.03. The Morgan fingerprint density at radius 1 is 1.45 bits per heavy atom. The van der Waals surface area contributed by atoms with Crippen LogP contribution in [0, 0.1) is 0 Å². The fourth-order valence-electron chi connectivity index (χ4n) is 2.14. The molecule has 0 radical (unpaired) electrons. The minimum absolute atomic E-state index is 0.198. The number of ether oxygens (including phenoxy) is 1. The summed E-state index contributed by atoms with van der Waals surface area (Å²) < 4.78 is 5.49. The van der Waals surface area contributed by atoms with Crippen LogP contribution in [-0.4, -0.2) is 29.8 Å². The summed E-state index contributed by atoms with van der Waals surface area (Å²) >= 11 is 0. The smallest absolute Gasteiger partial charge is 0.244 e. The van der Waals surface area contributed by atoms with Crippen molar-refractivity contribution in [1.82, 2.24) is 5.32 Å². The van der Waals surface area contributed by atoms with Gasteiger partial charge < -0.3 is 15.2 Å². The Morgan fingerprint density at radius 3 is 2.85 bits per heavy atom. The minimum atomic E-state index is -0.688. The lowest BCUT2D eigenvalue weighted by Gasteiger charge is -2.36. The molecule has 1 aromatic rings. The third-order valence-electron chi connectivity index (χ3n) is 3.51. The summed E-state index contributed by atoms with van der Waals surface area (Å²) in [6.45, 7) is 2.83. The van der Waals surface area contributed by atoms with Crippen LogP contribution in [0.3, 0.4) is 0 Å². The van der Waals surface area contributed by atoms with Gasteiger partial charge in [-0.05, 0) is 38.3 Å². The van der Waals surface area contributed by atoms with Crippen molar-refractivity contribution in [2.24, 2.45) is 0 Å².